The molecule has 0 spiro atoms. The molecule has 196 valence electrons. The van der Waals surface area contributed by atoms with Crippen molar-refractivity contribution in [1.82, 2.24) is 20.2 Å². The summed E-state index contributed by atoms with van der Waals surface area (Å²) in [5.74, 6) is 0.519. The zero-order valence-electron chi connectivity index (χ0n) is 21.2. The molecule has 0 radical (unpaired) electrons. The van der Waals surface area contributed by atoms with E-state index in [0.717, 1.165) is 42.6 Å². The number of aromatic nitrogens is 2. The second-order valence-electron chi connectivity index (χ2n) is 9.25. The molecule has 3 aromatic rings. The molecule has 2 aromatic carbocycles. The van der Waals surface area contributed by atoms with Gasteiger partial charge in [0.1, 0.15) is 5.82 Å². The van der Waals surface area contributed by atoms with Crippen molar-refractivity contribution in [3.63, 3.8) is 0 Å². The number of nitrogens with one attached hydrogen (secondary N) is 1. The van der Waals surface area contributed by atoms with E-state index in [1.807, 2.05) is 18.2 Å². The molecular weight excluding hydrogens is 478 g/mol. The van der Waals surface area contributed by atoms with Gasteiger partial charge >= 0.3 is 0 Å². The summed E-state index contributed by atoms with van der Waals surface area (Å²) in [6.45, 7) is 2.87. The number of piperidine rings is 1. The fourth-order valence-electron chi connectivity index (χ4n) is 4.58. The van der Waals surface area contributed by atoms with Crippen LogP contribution in [-0.2, 0) is 17.8 Å². The second kappa shape index (κ2) is 12.6. The molecule has 1 unspecified atom stereocenters. The number of aryl methyl sites for hydroxylation is 1. The Morgan fingerprint density at radius 1 is 1.03 bits per heavy atom. The average Bonchev–Trinajstić information content (AvgIpc) is 2.93. The first-order valence-corrected chi connectivity index (χ1v) is 12.4. The lowest BCUT2D eigenvalue weighted by Crippen LogP contribution is -2.40. The van der Waals surface area contributed by atoms with Gasteiger partial charge < -0.3 is 14.8 Å². The van der Waals surface area contributed by atoms with Crippen molar-refractivity contribution in [3.05, 3.63) is 71.8 Å². The summed E-state index contributed by atoms with van der Waals surface area (Å²) < 4.78 is 37.3. The van der Waals surface area contributed by atoms with Gasteiger partial charge in [-0.15, -0.1) is 0 Å². The number of nitrogens with zero attached hydrogens (tertiary/aromatic N) is 3. The zero-order chi connectivity index (χ0) is 26.2. The summed E-state index contributed by atoms with van der Waals surface area (Å²) in [7, 11) is 3.18. The van der Waals surface area contributed by atoms with Crippen LogP contribution in [0.25, 0.3) is 11.1 Å². The zero-order valence-corrected chi connectivity index (χ0v) is 21.2. The Morgan fingerprint density at radius 2 is 1.81 bits per heavy atom. The minimum absolute atomic E-state index is 0.0368. The Bertz CT molecular complexity index is 1210. The predicted octanol–water partition coefficient (Wildman–Crippen LogP) is 4.40. The molecule has 37 heavy (non-hydrogen) atoms. The van der Waals surface area contributed by atoms with E-state index in [-0.39, 0.29) is 5.91 Å². The number of carbonyl (C=O) groups excluding carboxylic acids is 1. The van der Waals surface area contributed by atoms with Crippen molar-refractivity contribution in [3.8, 4) is 22.6 Å². The molecule has 1 saturated heterocycles. The van der Waals surface area contributed by atoms with E-state index in [9.17, 15) is 13.6 Å². The highest BCUT2D eigenvalue weighted by atomic mass is 19.2. The summed E-state index contributed by atoms with van der Waals surface area (Å²) in [5, 5.41) is 3.03. The Kier molecular flexibility index (Phi) is 9.00. The molecule has 1 atom stereocenters. The third-order valence-corrected chi connectivity index (χ3v) is 6.58. The normalized spacial score (nSPS) is 15.8. The number of amides is 1. The summed E-state index contributed by atoms with van der Waals surface area (Å²) in [5.41, 5.74) is 2.51. The van der Waals surface area contributed by atoms with Crippen LogP contribution in [0.5, 0.6) is 11.5 Å². The van der Waals surface area contributed by atoms with Crippen LogP contribution in [0.15, 0.2) is 48.8 Å². The maximum absolute atomic E-state index is 13.5. The molecule has 0 bridgehead atoms. The van der Waals surface area contributed by atoms with Gasteiger partial charge in [-0.1, -0.05) is 12.1 Å². The van der Waals surface area contributed by atoms with Crippen LogP contribution in [-0.4, -0.2) is 54.6 Å². The van der Waals surface area contributed by atoms with Gasteiger partial charge in [0.15, 0.2) is 23.1 Å². The minimum atomic E-state index is -0.831. The summed E-state index contributed by atoms with van der Waals surface area (Å²) in [4.78, 5) is 23.5. The summed E-state index contributed by atoms with van der Waals surface area (Å²) >= 11 is 0. The van der Waals surface area contributed by atoms with Crippen molar-refractivity contribution >= 4 is 5.91 Å². The van der Waals surface area contributed by atoms with Gasteiger partial charge in [-0.3, -0.25) is 9.69 Å². The standard InChI is InChI=1S/C28H32F2N4O3/c1-36-25-8-6-21(13-26(25)37-2)22-15-31-27(32-16-22)9-10-28(35)33-14-20-4-3-11-34(18-20)17-19-5-7-23(29)24(30)12-19/h5-8,12-13,15-16,20H,3-4,9-11,14,17-18H2,1-2H3,(H,33,35). The molecule has 1 aliphatic heterocycles. The van der Waals surface area contributed by atoms with Crippen LogP contribution in [0.2, 0.25) is 0 Å². The molecule has 0 aliphatic carbocycles. The topological polar surface area (TPSA) is 76.6 Å². The van der Waals surface area contributed by atoms with Crippen molar-refractivity contribution in [2.45, 2.75) is 32.2 Å². The van der Waals surface area contributed by atoms with E-state index < -0.39 is 11.6 Å². The molecular formula is C28H32F2N4O3. The number of ether oxygens (including phenoxy) is 2. The number of methoxy groups -OCH3 is 2. The van der Waals surface area contributed by atoms with E-state index in [1.54, 1.807) is 32.7 Å². The molecule has 1 fully saturated rings. The number of benzene rings is 2. The van der Waals surface area contributed by atoms with Gasteiger partial charge in [-0.2, -0.15) is 0 Å². The molecule has 2 heterocycles. The van der Waals surface area contributed by atoms with Crippen molar-refractivity contribution in [1.29, 1.82) is 0 Å². The quantitative estimate of drug-likeness (QED) is 0.436. The van der Waals surface area contributed by atoms with Crippen LogP contribution in [0.3, 0.4) is 0 Å². The van der Waals surface area contributed by atoms with Gasteiger partial charge in [0.2, 0.25) is 5.91 Å². The fourth-order valence-corrected chi connectivity index (χ4v) is 4.58. The summed E-state index contributed by atoms with van der Waals surface area (Å²) in [6, 6.07) is 9.66. The van der Waals surface area contributed by atoms with E-state index >= 15 is 0 Å². The lowest BCUT2D eigenvalue weighted by Gasteiger charge is -2.32. The number of carbonyl (C=O) groups is 1. The molecule has 1 N–H and O–H groups in total. The molecule has 4 rings (SSSR count). The number of rotatable bonds is 10. The lowest BCUT2D eigenvalue weighted by molar-refractivity contribution is -0.121. The van der Waals surface area contributed by atoms with Crippen LogP contribution < -0.4 is 14.8 Å². The van der Waals surface area contributed by atoms with Gasteiger partial charge in [0.05, 0.1) is 14.2 Å². The monoisotopic (exact) mass is 510 g/mol. The number of halogens is 2. The van der Waals surface area contributed by atoms with Crippen LogP contribution in [0.1, 0.15) is 30.7 Å². The van der Waals surface area contributed by atoms with Crippen molar-refractivity contribution < 1.29 is 23.0 Å². The second-order valence-corrected chi connectivity index (χ2v) is 9.25. The van der Waals surface area contributed by atoms with E-state index in [0.29, 0.717) is 49.2 Å². The molecule has 7 nitrogen and oxygen atoms in total. The molecule has 9 heteroatoms. The first-order chi connectivity index (χ1) is 17.9. The lowest BCUT2D eigenvalue weighted by atomic mass is 9.97. The smallest absolute Gasteiger partial charge is 0.220 e. The first kappa shape index (κ1) is 26.5. The van der Waals surface area contributed by atoms with Crippen LogP contribution in [0.4, 0.5) is 8.78 Å². The maximum atomic E-state index is 13.5. The highest BCUT2D eigenvalue weighted by molar-refractivity contribution is 5.76. The number of hydrogen-bond acceptors (Lipinski definition) is 6. The fraction of sp³-hybridized carbons (Fsp3) is 0.393. The number of likely N-dealkylation sites (tertiary alicyclic amines) is 1. The van der Waals surface area contributed by atoms with E-state index in [2.05, 4.69) is 20.2 Å². The van der Waals surface area contributed by atoms with Crippen molar-refractivity contribution in [2.24, 2.45) is 5.92 Å². The average molecular weight is 511 g/mol. The Balaban J connectivity index is 1.22. The van der Waals surface area contributed by atoms with E-state index in [1.165, 1.54) is 12.1 Å². The third-order valence-electron chi connectivity index (χ3n) is 6.58. The van der Waals surface area contributed by atoms with Gasteiger partial charge in [0, 0.05) is 50.4 Å². The van der Waals surface area contributed by atoms with Gasteiger partial charge in [-0.05, 0) is 60.7 Å². The van der Waals surface area contributed by atoms with Gasteiger partial charge in [0.25, 0.3) is 0 Å². The summed E-state index contributed by atoms with van der Waals surface area (Å²) in [6.07, 6.45) is 6.27. The molecule has 1 aliphatic rings. The molecule has 1 amide bonds. The SMILES string of the molecule is COc1ccc(-c2cnc(CCC(=O)NCC3CCCN(Cc4ccc(F)c(F)c4)C3)nc2)cc1OC. The predicted molar refractivity (Wildman–Crippen MR) is 136 cm³/mol. The van der Waals surface area contributed by atoms with Crippen LogP contribution >= 0.6 is 0 Å². The third kappa shape index (κ3) is 7.22. The van der Waals surface area contributed by atoms with Crippen molar-refractivity contribution in [2.75, 3.05) is 33.9 Å². The van der Waals surface area contributed by atoms with Crippen LogP contribution in [0, 0.1) is 17.6 Å². The first-order valence-electron chi connectivity index (χ1n) is 12.4. The van der Waals surface area contributed by atoms with E-state index in [4.69, 9.17) is 9.47 Å². The minimum Gasteiger partial charge on any atom is -0.493 e. The Morgan fingerprint density at radius 3 is 2.54 bits per heavy atom. The van der Waals surface area contributed by atoms with Gasteiger partial charge in [-0.25, -0.2) is 18.7 Å². The highest BCUT2D eigenvalue weighted by Crippen LogP contribution is 2.31. The number of hydrogen-bond donors (Lipinski definition) is 1. The Hall–Kier alpha value is -3.59. The Labute approximate surface area is 215 Å². The molecule has 0 saturated carbocycles. The largest absolute Gasteiger partial charge is 0.493 e. The molecule has 1 aromatic heterocycles. The maximum Gasteiger partial charge on any atom is 0.220 e. The highest BCUT2D eigenvalue weighted by Gasteiger charge is 2.21.